The van der Waals surface area contributed by atoms with Crippen molar-refractivity contribution in [2.24, 2.45) is 0 Å². The molecule has 0 aliphatic rings. The summed E-state index contributed by atoms with van der Waals surface area (Å²) in [5.74, 6) is -2.24. The maximum Gasteiger partial charge on any atom is 0.417 e. The van der Waals surface area contributed by atoms with Crippen LogP contribution in [-0.4, -0.2) is 17.0 Å². The number of thiophene rings is 1. The second-order valence-electron chi connectivity index (χ2n) is 4.79. The lowest BCUT2D eigenvalue weighted by atomic mass is 10.1. The number of carbonyl (C=O) groups is 2. The molecule has 2 N–H and O–H groups in total. The summed E-state index contributed by atoms with van der Waals surface area (Å²) in [6.45, 7) is 3.25. The number of hydrogen-bond acceptors (Lipinski definition) is 3. The molecule has 1 aromatic carbocycles. The Balaban J connectivity index is 2.42. The summed E-state index contributed by atoms with van der Waals surface area (Å²) in [5.41, 5.74) is -1.26. The van der Waals surface area contributed by atoms with Crippen molar-refractivity contribution in [3.63, 3.8) is 0 Å². The molecule has 8 heteroatoms. The van der Waals surface area contributed by atoms with Gasteiger partial charge in [-0.1, -0.05) is 12.1 Å². The summed E-state index contributed by atoms with van der Waals surface area (Å²) in [7, 11) is 0. The van der Waals surface area contributed by atoms with Crippen LogP contribution in [0.5, 0.6) is 0 Å². The van der Waals surface area contributed by atoms with Gasteiger partial charge in [0.25, 0.3) is 5.91 Å². The van der Waals surface area contributed by atoms with Gasteiger partial charge in [0.2, 0.25) is 0 Å². The van der Waals surface area contributed by atoms with Crippen LogP contribution in [0.2, 0.25) is 0 Å². The topological polar surface area (TPSA) is 66.4 Å². The Morgan fingerprint density at radius 3 is 2.35 bits per heavy atom. The molecule has 2 aromatic rings. The van der Waals surface area contributed by atoms with Crippen LogP contribution in [0.25, 0.3) is 0 Å². The van der Waals surface area contributed by atoms with Crippen LogP contribution < -0.4 is 5.32 Å². The predicted octanol–water partition coefficient (Wildman–Crippen LogP) is 4.33. The number of aromatic carboxylic acids is 1. The molecule has 0 bridgehead atoms. The highest BCUT2D eigenvalue weighted by Crippen LogP contribution is 2.35. The number of halogens is 3. The number of hydrogen-bond donors (Lipinski definition) is 2. The smallest absolute Gasteiger partial charge is 0.417 e. The maximum absolute atomic E-state index is 13.0. The van der Waals surface area contributed by atoms with Crippen molar-refractivity contribution in [3.8, 4) is 0 Å². The summed E-state index contributed by atoms with van der Waals surface area (Å²) in [6.07, 6.45) is -4.68. The fourth-order valence-electron chi connectivity index (χ4n) is 2.07. The molecule has 0 aliphatic carbocycles. The highest BCUT2D eigenvalue weighted by molar-refractivity contribution is 7.16. The van der Waals surface area contributed by atoms with E-state index in [1.807, 2.05) is 0 Å². The molecule has 2 rings (SSSR count). The summed E-state index contributed by atoms with van der Waals surface area (Å²) >= 11 is 1.01. The molecule has 1 amide bonds. The molecule has 0 saturated carbocycles. The molecule has 122 valence electrons. The van der Waals surface area contributed by atoms with Crippen molar-refractivity contribution in [2.45, 2.75) is 20.0 Å². The van der Waals surface area contributed by atoms with Crippen LogP contribution in [0.15, 0.2) is 24.3 Å². The third kappa shape index (κ3) is 3.37. The average molecular weight is 343 g/mol. The van der Waals surface area contributed by atoms with Gasteiger partial charge < -0.3 is 10.4 Å². The number of rotatable bonds is 3. The average Bonchev–Trinajstić information content (AvgIpc) is 2.72. The number of alkyl halides is 3. The Morgan fingerprint density at radius 2 is 1.78 bits per heavy atom. The van der Waals surface area contributed by atoms with E-state index in [0.29, 0.717) is 10.4 Å². The largest absolute Gasteiger partial charge is 0.478 e. The van der Waals surface area contributed by atoms with Crippen LogP contribution in [0.3, 0.4) is 0 Å². The summed E-state index contributed by atoms with van der Waals surface area (Å²) in [4.78, 5) is 24.1. The fourth-order valence-corrected chi connectivity index (χ4v) is 3.12. The van der Waals surface area contributed by atoms with E-state index in [0.717, 1.165) is 23.5 Å². The lowest BCUT2D eigenvalue weighted by Gasteiger charge is -2.12. The van der Waals surface area contributed by atoms with Crippen molar-refractivity contribution in [3.05, 3.63) is 51.4 Å². The highest BCUT2D eigenvalue weighted by Gasteiger charge is 2.35. The quantitative estimate of drug-likeness (QED) is 0.871. The van der Waals surface area contributed by atoms with E-state index in [1.165, 1.54) is 12.1 Å². The number of carboxylic acid groups (broad SMARTS) is 1. The Morgan fingerprint density at radius 1 is 1.17 bits per heavy atom. The monoisotopic (exact) mass is 343 g/mol. The second-order valence-corrected chi connectivity index (χ2v) is 6.01. The first-order valence-corrected chi connectivity index (χ1v) is 7.25. The molecule has 4 nitrogen and oxygen atoms in total. The zero-order valence-electron chi connectivity index (χ0n) is 12.1. The Hall–Kier alpha value is -2.35. The third-order valence-electron chi connectivity index (χ3n) is 3.30. The van der Waals surface area contributed by atoms with Gasteiger partial charge >= 0.3 is 12.1 Å². The van der Waals surface area contributed by atoms with E-state index < -0.39 is 29.2 Å². The molecular weight excluding hydrogens is 331 g/mol. The Bertz CT molecular complexity index is 781. The lowest BCUT2D eigenvalue weighted by Crippen LogP contribution is -2.19. The number of anilines is 1. The number of carboxylic acids is 1. The van der Waals surface area contributed by atoms with Gasteiger partial charge in [-0.05, 0) is 31.5 Å². The van der Waals surface area contributed by atoms with Crippen molar-refractivity contribution >= 4 is 28.2 Å². The van der Waals surface area contributed by atoms with Gasteiger partial charge in [-0.2, -0.15) is 13.2 Å². The van der Waals surface area contributed by atoms with Gasteiger partial charge in [0.1, 0.15) is 5.00 Å². The third-order valence-corrected chi connectivity index (χ3v) is 4.43. The minimum atomic E-state index is -4.68. The van der Waals surface area contributed by atoms with Crippen molar-refractivity contribution < 1.29 is 27.9 Å². The van der Waals surface area contributed by atoms with Crippen LogP contribution in [0, 0.1) is 13.8 Å². The molecule has 0 saturated heterocycles. The minimum Gasteiger partial charge on any atom is -0.478 e. The van der Waals surface area contributed by atoms with Gasteiger partial charge in [-0.3, -0.25) is 4.79 Å². The van der Waals surface area contributed by atoms with E-state index in [-0.39, 0.29) is 10.6 Å². The van der Waals surface area contributed by atoms with Crippen LogP contribution in [-0.2, 0) is 6.18 Å². The highest BCUT2D eigenvalue weighted by atomic mass is 32.1. The van der Waals surface area contributed by atoms with Gasteiger partial charge in [-0.25, -0.2) is 4.79 Å². The molecule has 23 heavy (non-hydrogen) atoms. The van der Waals surface area contributed by atoms with Gasteiger partial charge in [0.15, 0.2) is 0 Å². The SMILES string of the molecule is Cc1sc(NC(=O)c2ccccc2C(F)(F)F)c(C(=O)O)c1C. The number of benzene rings is 1. The molecule has 0 fully saturated rings. The van der Waals surface area contributed by atoms with Crippen LogP contribution in [0.4, 0.5) is 18.2 Å². The fraction of sp³-hybridized carbons (Fsp3) is 0.200. The zero-order valence-corrected chi connectivity index (χ0v) is 12.9. The maximum atomic E-state index is 13.0. The van der Waals surface area contributed by atoms with Crippen molar-refractivity contribution in [2.75, 3.05) is 5.32 Å². The molecule has 0 aliphatic heterocycles. The number of aryl methyl sites for hydroxylation is 1. The molecule has 0 unspecified atom stereocenters. The number of carbonyl (C=O) groups excluding carboxylic acids is 1. The standard InChI is InChI=1S/C15H12F3NO3S/c1-7-8(2)23-13(11(7)14(21)22)19-12(20)9-5-3-4-6-10(9)15(16,17)18/h3-6H,1-2H3,(H,19,20)(H,21,22). The Labute approximate surface area is 133 Å². The summed E-state index contributed by atoms with van der Waals surface area (Å²) < 4.78 is 38.9. The predicted molar refractivity (Wildman–Crippen MR) is 80.1 cm³/mol. The second kappa shape index (κ2) is 6.04. The first-order valence-electron chi connectivity index (χ1n) is 6.43. The Kier molecular flexibility index (Phi) is 4.46. The number of amides is 1. The van der Waals surface area contributed by atoms with E-state index in [1.54, 1.807) is 13.8 Å². The van der Waals surface area contributed by atoms with E-state index in [9.17, 15) is 27.9 Å². The summed E-state index contributed by atoms with van der Waals surface area (Å²) in [5, 5.41) is 11.5. The van der Waals surface area contributed by atoms with Crippen molar-refractivity contribution in [1.82, 2.24) is 0 Å². The lowest BCUT2D eigenvalue weighted by molar-refractivity contribution is -0.137. The number of nitrogens with one attached hydrogen (secondary N) is 1. The molecule has 0 radical (unpaired) electrons. The molecular formula is C15H12F3NO3S. The van der Waals surface area contributed by atoms with Crippen LogP contribution >= 0.6 is 11.3 Å². The van der Waals surface area contributed by atoms with Crippen molar-refractivity contribution in [1.29, 1.82) is 0 Å². The molecule has 1 aromatic heterocycles. The van der Waals surface area contributed by atoms with Gasteiger partial charge in [-0.15, -0.1) is 11.3 Å². The first kappa shape index (κ1) is 17.0. The molecule has 1 heterocycles. The minimum absolute atomic E-state index is 0.0227. The van der Waals surface area contributed by atoms with E-state index in [4.69, 9.17) is 0 Å². The molecule has 0 atom stereocenters. The normalized spacial score (nSPS) is 11.3. The zero-order chi connectivity index (χ0) is 17.4. The van der Waals surface area contributed by atoms with Gasteiger partial charge in [0, 0.05) is 4.88 Å². The first-order chi connectivity index (χ1) is 10.6. The van der Waals surface area contributed by atoms with Crippen LogP contribution in [0.1, 0.15) is 36.7 Å². The van der Waals surface area contributed by atoms with Gasteiger partial charge in [0.05, 0.1) is 16.7 Å². The van der Waals surface area contributed by atoms with E-state index in [2.05, 4.69) is 5.32 Å². The molecule has 0 spiro atoms. The van der Waals surface area contributed by atoms with E-state index >= 15 is 0 Å². The summed E-state index contributed by atoms with van der Waals surface area (Å²) in [6, 6.07) is 4.35.